The van der Waals surface area contributed by atoms with E-state index < -0.39 is 41.9 Å². The van der Waals surface area contributed by atoms with E-state index in [1.165, 1.54) is 6.92 Å². The molecule has 0 aliphatic carbocycles. The molecule has 0 spiro atoms. The minimum Gasteiger partial charge on any atom is -0.341 e. The van der Waals surface area contributed by atoms with Crippen LogP contribution in [0.4, 0.5) is 17.6 Å². The lowest BCUT2D eigenvalue weighted by Gasteiger charge is -2.24. The van der Waals surface area contributed by atoms with Gasteiger partial charge < -0.3 is 5.32 Å². The third-order valence-electron chi connectivity index (χ3n) is 2.55. The Balaban J connectivity index is 4.90. The Kier molecular flexibility index (Phi) is 6.59. The maximum atomic E-state index is 12.7. The zero-order chi connectivity index (χ0) is 14.5. The summed E-state index contributed by atoms with van der Waals surface area (Å²) in [7, 11) is 0. The molecule has 0 aliphatic heterocycles. The Morgan fingerprint density at radius 2 is 1.83 bits per heavy atom. The van der Waals surface area contributed by atoms with E-state index >= 15 is 0 Å². The summed E-state index contributed by atoms with van der Waals surface area (Å²) in [6.07, 6.45) is -3.73. The fraction of sp³-hybridized carbons (Fsp3) is 0.800. The zero-order valence-electron chi connectivity index (χ0n) is 9.85. The Morgan fingerprint density at radius 1 is 1.33 bits per heavy atom. The van der Waals surface area contributed by atoms with Gasteiger partial charge in [-0.15, -0.1) is 11.6 Å². The standard InChI is InChI=1S/C10H14ClF4NO2/c1-3-5(2)7(6(17)4-11)16-9(18)10(14,15)8(12)13/h5,7-8H,3-4H2,1-2H3,(H,16,18). The molecular weight excluding hydrogens is 278 g/mol. The van der Waals surface area contributed by atoms with Crippen LogP contribution in [0.25, 0.3) is 0 Å². The summed E-state index contributed by atoms with van der Waals surface area (Å²) < 4.78 is 49.4. The number of carbonyl (C=O) groups excluding carboxylic acids is 2. The molecule has 1 amide bonds. The van der Waals surface area contributed by atoms with Crippen molar-refractivity contribution in [3.8, 4) is 0 Å². The largest absolute Gasteiger partial charge is 0.383 e. The maximum absolute atomic E-state index is 12.7. The SMILES string of the molecule is CCC(C)C(NC(=O)C(F)(F)C(F)F)C(=O)CCl. The molecule has 0 saturated heterocycles. The van der Waals surface area contributed by atoms with Crippen molar-refractivity contribution in [1.29, 1.82) is 0 Å². The molecule has 106 valence electrons. The molecule has 0 aliphatic rings. The highest BCUT2D eigenvalue weighted by Crippen LogP contribution is 2.23. The van der Waals surface area contributed by atoms with Crippen molar-refractivity contribution in [3.63, 3.8) is 0 Å². The first kappa shape index (κ1) is 17.2. The van der Waals surface area contributed by atoms with E-state index in [0.29, 0.717) is 6.42 Å². The van der Waals surface area contributed by atoms with Crippen LogP contribution in [0.1, 0.15) is 20.3 Å². The van der Waals surface area contributed by atoms with Crippen LogP contribution in [-0.2, 0) is 9.59 Å². The lowest BCUT2D eigenvalue weighted by molar-refractivity contribution is -0.171. The summed E-state index contributed by atoms with van der Waals surface area (Å²) in [5.74, 6) is -8.65. The van der Waals surface area contributed by atoms with Crippen molar-refractivity contribution in [2.24, 2.45) is 5.92 Å². The Morgan fingerprint density at radius 3 is 2.17 bits per heavy atom. The number of carbonyl (C=O) groups is 2. The number of rotatable bonds is 7. The summed E-state index contributed by atoms with van der Waals surface area (Å²) in [6, 6.07) is -1.29. The van der Waals surface area contributed by atoms with Gasteiger partial charge in [-0.3, -0.25) is 9.59 Å². The first-order chi connectivity index (χ1) is 8.18. The van der Waals surface area contributed by atoms with E-state index in [1.54, 1.807) is 12.2 Å². The number of hydrogen-bond acceptors (Lipinski definition) is 2. The molecule has 0 fully saturated rings. The Labute approximate surface area is 107 Å². The van der Waals surface area contributed by atoms with Crippen LogP contribution in [0, 0.1) is 5.92 Å². The van der Waals surface area contributed by atoms with E-state index in [2.05, 4.69) is 0 Å². The third kappa shape index (κ3) is 4.12. The molecule has 1 N–H and O–H groups in total. The van der Waals surface area contributed by atoms with Gasteiger partial charge in [0.25, 0.3) is 5.91 Å². The number of Topliss-reactive ketones (excluding diaryl/α,β-unsaturated/α-hetero) is 1. The van der Waals surface area contributed by atoms with Crippen LogP contribution in [0.3, 0.4) is 0 Å². The van der Waals surface area contributed by atoms with Crippen LogP contribution in [0.2, 0.25) is 0 Å². The molecule has 0 aromatic carbocycles. The van der Waals surface area contributed by atoms with Crippen molar-refractivity contribution in [2.45, 2.75) is 38.7 Å². The van der Waals surface area contributed by atoms with Crippen molar-refractivity contribution >= 4 is 23.3 Å². The molecule has 0 heterocycles. The second-order valence-electron chi connectivity index (χ2n) is 3.86. The van der Waals surface area contributed by atoms with E-state index in [9.17, 15) is 27.2 Å². The summed E-state index contributed by atoms with van der Waals surface area (Å²) in [5.41, 5.74) is 0. The van der Waals surface area contributed by atoms with Gasteiger partial charge in [0.05, 0.1) is 11.9 Å². The molecule has 0 bridgehead atoms. The Bertz CT molecular complexity index is 312. The van der Waals surface area contributed by atoms with Crippen LogP contribution in [0.15, 0.2) is 0 Å². The Hall–Kier alpha value is -0.850. The average Bonchev–Trinajstić information content (AvgIpc) is 2.33. The molecule has 2 unspecified atom stereocenters. The van der Waals surface area contributed by atoms with Gasteiger partial charge in [-0.05, 0) is 5.92 Å². The van der Waals surface area contributed by atoms with Crippen LogP contribution in [-0.4, -0.2) is 36.0 Å². The molecular formula is C10H14ClF4NO2. The van der Waals surface area contributed by atoms with Crippen molar-refractivity contribution in [3.05, 3.63) is 0 Å². The molecule has 0 saturated carbocycles. The van der Waals surface area contributed by atoms with E-state index in [4.69, 9.17) is 11.6 Å². The van der Waals surface area contributed by atoms with Gasteiger partial charge in [-0.1, -0.05) is 20.3 Å². The summed E-state index contributed by atoms with van der Waals surface area (Å²) >= 11 is 5.27. The highest BCUT2D eigenvalue weighted by atomic mass is 35.5. The number of alkyl halides is 5. The number of nitrogens with one attached hydrogen (secondary N) is 1. The van der Waals surface area contributed by atoms with Crippen molar-refractivity contribution in [1.82, 2.24) is 5.32 Å². The van der Waals surface area contributed by atoms with Gasteiger partial charge in [0.15, 0.2) is 5.78 Å². The third-order valence-corrected chi connectivity index (χ3v) is 2.82. The van der Waals surface area contributed by atoms with Crippen molar-refractivity contribution in [2.75, 3.05) is 5.88 Å². The van der Waals surface area contributed by atoms with E-state index in [-0.39, 0.29) is 0 Å². The highest BCUT2D eigenvalue weighted by molar-refractivity contribution is 6.28. The molecule has 18 heavy (non-hydrogen) atoms. The first-order valence-corrected chi connectivity index (χ1v) is 5.77. The molecule has 3 nitrogen and oxygen atoms in total. The second kappa shape index (κ2) is 6.92. The van der Waals surface area contributed by atoms with Gasteiger partial charge in [0, 0.05) is 0 Å². The molecule has 8 heteroatoms. The zero-order valence-corrected chi connectivity index (χ0v) is 10.6. The summed E-state index contributed by atoms with van der Waals surface area (Å²) in [6.45, 7) is 3.19. The smallest absolute Gasteiger partial charge is 0.341 e. The van der Waals surface area contributed by atoms with Gasteiger partial charge in [-0.2, -0.15) is 8.78 Å². The van der Waals surface area contributed by atoms with Gasteiger partial charge >= 0.3 is 12.3 Å². The van der Waals surface area contributed by atoms with E-state index in [1.807, 2.05) is 0 Å². The predicted molar refractivity (Wildman–Crippen MR) is 58.1 cm³/mol. The monoisotopic (exact) mass is 291 g/mol. The molecule has 0 aromatic rings. The number of halogens is 5. The van der Waals surface area contributed by atoms with Gasteiger partial charge in [0.2, 0.25) is 0 Å². The number of ketones is 1. The number of amides is 1. The quantitative estimate of drug-likeness (QED) is 0.577. The fourth-order valence-electron chi connectivity index (χ4n) is 1.20. The predicted octanol–water partition coefficient (Wildman–Crippen LogP) is 2.23. The lowest BCUT2D eigenvalue weighted by Crippen LogP contribution is -2.53. The van der Waals surface area contributed by atoms with Crippen LogP contribution in [0.5, 0.6) is 0 Å². The normalized spacial score (nSPS) is 15.3. The maximum Gasteiger partial charge on any atom is 0.383 e. The summed E-state index contributed by atoms with van der Waals surface area (Å²) in [5, 5.41) is 1.64. The van der Waals surface area contributed by atoms with Crippen LogP contribution >= 0.6 is 11.6 Å². The van der Waals surface area contributed by atoms with Crippen molar-refractivity contribution < 1.29 is 27.2 Å². The lowest BCUT2D eigenvalue weighted by atomic mass is 9.96. The average molecular weight is 292 g/mol. The summed E-state index contributed by atoms with van der Waals surface area (Å²) in [4.78, 5) is 22.4. The van der Waals surface area contributed by atoms with Gasteiger partial charge in [0.1, 0.15) is 0 Å². The fourth-order valence-corrected chi connectivity index (χ4v) is 1.36. The van der Waals surface area contributed by atoms with Gasteiger partial charge in [-0.25, -0.2) is 8.78 Å². The molecule has 0 rings (SSSR count). The van der Waals surface area contributed by atoms with Crippen LogP contribution < -0.4 is 5.32 Å². The minimum atomic E-state index is -4.82. The molecule has 2 atom stereocenters. The topological polar surface area (TPSA) is 46.2 Å². The van der Waals surface area contributed by atoms with E-state index in [0.717, 1.165) is 0 Å². The second-order valence-corrected chi connectivity index (χ2v) is 4.13. The molecule has 0 aromatic heterocycles. The molecule has 0 radical (unpaired) electrons. The first-order valence-electron chi connectivity index (χ1n) is 5.24. The minimum absolute atomic E-state index is 0.397. The highest BCUT2D eigenvalue weighted by Gasteiger charge is 2.50. The number of hydrogen-bond donors (Lipinski definition) is 1.